The summed E-state index contributed by atoms with van der Waals surface area (Å²) in [6, 6.07) is 16.9. The van der Waals surface area contributed by atoms with Crippen LogP contribution in [0.25, 0.3) is 0 Å². The smallest absolute Gasteiger partial charge is 0.155 e. The first-order valence-corrected chi connectivity index (χ1v) is 8.45. The molecule has 2 heterocycles. The number of benzene rings is 2. The molecule has 0 aliphatic carbocycles. The summed E-state index contributed by atoms with van der Waals surface area (Å²) in [4.78, 5) is 4.75. The normalized spacial score (nSPS) is 13.2. The standard InChI is InChI=1S/C20H16ClN3O2/c1-12-3-10-18(26-12)19-16-11-15(25-2)8-9-17(16)22-20(24-23-19)13-4-6-14(21)7-5-13/h3-11H,1-2H3,(H,22,24). The number of amidine groups is 1. The Hall–Kier alpha value is -3.05. The van der Waals surface area contributed by atoms with Crippen LogP contribution >= 0.6 is 11.6 Å². The Morgan fingerprint density at radius 3 is 2.54 bits per heavy atom. The van der Waals surface area contributed by atoms with Crippen molar-refractivity contribution < 1.29 is 9.15 Å². The summed E-state index contributed by atoms with van der Waals surface area (Å²) >= 11 is 5.99. The highest BCUT2D eigenvalue weighted by atomic mass is 35.5. The second kappa shape index (κ2) is 6.69. The highest BCUT2D eigenvalue weighted by molar-refractivity contribution is 6.30. The molecule has 1 aromatic heterocycles. The summed E-state index contributed by atoms with van der Waals surface area (Å²) in [7, 11) is 1.63. The molecule has 0 radical (unpaired) electrons. The van der Waals surface area contributed by atoms with Crippen LogP contribution in [0.3, 0.4) is 0 Å². The largest absolute Gasteiger partial charge is 0.497 e. The van der Waals surface area contributed by atoms with Gasteiger partial charge < -0.3 is 9.15 Å². The summed E-state index contributed by atoms with van der Waals surface area (Å²) in [6.45, 7) is 1.90. The molecule has 1 aliphatic heterocycles. The SMILES string of the molecule is COc1ccc2c(c1)C(c1ccc(C)o1)=NNC(c1ccc(Cl)cc1)=N2. The fourth-order valence-corrected chi connectivity index (χ4v) is 2.86. The molecule has 26 heavy (non-hydrogen) atoms. The number of nitrogens with one attached hydrogen (secondary N) is 1. The van der Waals surface area contributed by atoms with Gasteiger partial charge in [0.25, 0.3) is 0 Å². The van der Waals surface area contributed by atoms with Crippen molar-refractivity contribution in [3.05, 3.63) is 82.3 Å². The number of hydrogen-bond donors (Lipinski definition) is 1. The van der Waals surface area contributed by atoms with E-state index >= 15 is 0 Å². The highest BCUT2D eigenvalue weighted by Crippen LogP contribution is 2.30. The predicted molar refractivity (Wildman–Crippen MR) is 103 cm³/mol. The van der Waals surface area contributed by atoms with Crippen LogP contribution in [0.1, 0.15) is 22.6 Å². The summed E-state index contributed by atoms with van der Waals surface area (Å²) in [5.41, 5.74) is 6.21. The van der Waals surface area contributed by atoms with Crippen LogP contribution in [0.5, 0.6) is 5.75 Å². The highest BCUT2D eigenvalue weighted by Gasteiger charge is 2.20. The van der Waals surface area contributed by atoms with Crippen molar-refractivity contribution >= 4 is 28.8 Å². The van der Waals surface area contributed by atoms with Gasteiger partial charge in [-0.05, 0) is 61.5 Å². The number of hydrazone groups is 1. The Kier molecular flexibility index (Phi) is 4.22. The summed E-state index contributed by atoms with van der Waals surface area (Å²) in [5.74, 6) is 2.84. The minimum atomic E-state index is 0.631. The number of hydrogen-bond acceptors (Lipinski definition) is 5. The van der Waals surface area contributed by atoms with Crippen molar-refractivity contribution in [1.82, 2.24) is 5.43 Å². The van der Waals surface area contributed by atoms with Crippen LogP contribution in [-0.4, -0.2) is 18.7 Å². The van der Waals surface area contributed by atoms with Gasteiger partial charge in [0.15, 0.2) is 11.6 Å². The van der Waals surface area contributed by atoms with E-state index in [2.05, 4.69) is 10.5 Å². The third-order valence-electron chi connectivity index (χ3n) is 4.06. The monoisotopic (exact) mass is 365 g/mol. The maximum Gasteiger partial charge on any atom is 0.155 e. The van der Waals surface area contributed by atoms with Crippen molar-refractivity contribution in [2.75, 3.05) is 7.11 Å². The topological polar surface area (TPSA) is 59.1 Å². The Morgan fingerprint density at radius 2 is 1.85 bits per heavy atom. The molecule has 4 rings (SSSR count). The quantitative estimate of drug-likeness (QED) is 0.732. The van der Waals surface area contributed by atoms with Gasteiger partial charge in [-0.2, -0.15) is 5.10 Å². The first-order chi connectivity index (χ1) is 12.6. The number of methoxy groups -OCH3 is 1. The summed E-state index contributed by atoms with van der Waals surface area (Å²) < 4.78 is 11.2. The van der Waals surface area contributed by atoms with Crippen molar-refractivity contribution in [2.45, 2.75) is 6.92 Å². The molecule has 0 saturated heterocycles. The third-order valence-corrected chi connectivity index (χ3v) is 4.31. The lowest BCUT2D eigenvalue weighted by Crippen LogP contribution is -2.19. The van der Waals surface area contributed by atoms with Gasteiger partial charge in [0.1, 0.15) is 17.2 Å². The molecule has 130 valence electrons. The zero-order chi connectivity index (χ0) is 18.1. The molecule has 5 nitrogen and oxygen atoms in total. The van der Waals surface area contributed by atoms with Gasteiger partial charge in [-0.15, -0.1) is 0 Å². The molecular formula is C20H16ClN3O2. The van der Waals surface area contributed by atoms with Crippen LogP contribution in [0.15, 0.2) is 69.1 Å². The lowest BCUT2D eigenvalue weighted by Gasteiger charge is -2.07. The molecule has 0 unspecified atom stereocenters. The first kappa shape index (κ1) is 16.4. The zero-order valence-corrected chi connectivity index (χ0v) is 15.0. The average Bonchev–Trinajstić information content (AvgIpc) is 2.99. The van der Waals surface area contributed by atoms with Gasteiger partial charge in [-0.25, -0.2) is 4.99 Å². The molecule has 0 saturated carbocycles. The molecule has 0 amide bonds. The van der Waals surface area contributed by atoms with E-state index in [0.717, 1.165) is 28.3 Å². The molecule has 3 aromatic rings. The fourth-order valence-electron chi connectivity index (χ4n) is 2.73. The first-order valence-electron chi connectivity index (χ1n) is 8.07. The van der Waals surface area contributed by atoms with Crippen molar-refractivity contribution in [3.63, 3.8) is 0 Å². The Bertz CT molecular complexity index is 1020. The van der Waals surface area contributed by atoms with Crippen molar-refractivity contribution in [3.8, 4) is 5.75 Å². The van der Waals surface area contributed by atoms with E-state index in [1.54, 1.807) is 7.11 Å². The van der Waals surface area contributed by atoms with E-state index < -0.39 is 0 Å². The summed E-state index contributed by atoms with van der Waals surface area (Å²) in [6.07, 6.45) is 0. The fraction of sp³-hybridized carbons (Fsp3) is 0.100. The van der Waals surface area contributed by atoms with Gasteiger partial charge in [0.05, 0.1) is 12.8 Å². The maximum absolute atomic E-state index is 5.99. The van der Waals surface area contributed by atoms with Gasteiger partial charge >= 0.3 is 0 Å². The van der Waals surface area contributed by atoms with Gasteiger partial charge in [0, 0.05) is 16.1 Å². The second-order valence-corrected chi connectivity index (χ2v) is 6.27. The second-order valence-electron chi connectivity index (χ2n) is 5.83. The number of halogens is 1. The molecule has 0 atom stereocenters. The Labute approximate surface area is 156 Å². The van der Waals surface area contributed by atoms with Gasteiger partial charge in [-0.3, -0.25) is 5.43 Å². The van der Waals surface area contributed by atoms with Crippen molar-refractivity contribution in [2.24, 2.45) is 10.1 Å². The minimum Gasteiger partial charge on any atom is -0.497 e. The third kappa shape index (κ3) is 3.09. The molecule has 0 fully saturated rings. The van der Waals surface area contributed by atoms with Crippen LogP contribution in [-0.2, 0) is 0 Å². The van der Waals surface area contributed by atoms with Crippen LogP contribution in [0.4, 0.5) is 5.69 Å². The van der Waals surface area contributed by atoms with Crippen LogP contribution in [0.2, 0.25) is 5.02 Å². The Balaban J connectivity index is 1.86. The molecule has 6 heteroatoms. The lowest BCUT2D eigenvalue weighted by molar-refractivity contribution is 0.415. The number of aliphatic imine (C=N–C) groups is 1. The molecular weight excluding hydrogens is 350 g/mol. The lowest BCUT2D eigenvalue weighted by atomic mass is 10.1. The molecule has 1 aliphatic rings. The van der Waals surface area contributed by atoms with E-state index in [9.17, 15) is 0 Å². The van der Waals surface area contributed by atoms with E-state index in [1.165, 1.54) is 0 Å². The summed E-state index contributed by atoms with van der Waals surface area (Å²) in [5, 5.41) is 5.23. The number of nitrogens with zero attached hydrogens (tertiary/aromatic N) is 2. The minimum absolute atomic E-state index is 0.631. The number of fused-ring (bicyclic) bond motifs is 1. The molecule has 1 N–H and O–H groups in total. The molecule has 0 spiro atoms. The number of ether oxygens (including phenoxy) is 1. The average molecular weight is 366 g/mol. The number of rotatable bonds is 3. The zero-order valence-electron chi connectivity index (χ0n) is 14.3. The molecule has 0 bridgehead atoms. The molecule has 2 aromatic carbocycles. The van der Waals surface area contributed by atoms with Gasteiger partial charge in [-0.1, -0.05) is 11.6 Å². The van der Waals surface area contributed by atoms with Crippen molar-refractivity contribution in [1.29, 1.82) is 0 Å². The van der Waals surface area contributed by atoms with E-state index in [4.69, 9.17) is 25.7 Å². The number of furan rings is 1. The van der Waals surface area contributed by atoms with E-state index in [-0.39, 0.29) is 0 Å². The van der Waals surface area contributed by atoms with E-state index in [0.29, 0.717) is 22.3 Å². The maximum atomic E-state index is 5.99. The van der Waals surface area contributed by atoms with Gasteiger partial charge in [0.2, 0.25) is 0 Å². The Morgan fingerprint density at radius 1 is 1.04 bits per heavy atom. The van der Waals surface area contributed by atoms with Crippen LogP contribution < -0.4 is 10.2 Å². The number of aryl methyl sites for hydroxylation is 1. The van der Waals surface area contributed by atoms with Crippen LogP contribution in [0, 0.1) is 6.92 Å². The van der Waals surface area contributed by atoms with E-state index in [1.807, 2.05) is 61.5 Å². The predicted octanol–water partition coefficient (Wildman–Crippen LogP) is 4.68.